The van der Waals surface area contributed by atoms with Gasteiger partial charge >= 0.3 is 0 Å². The third kappa shape index (κ3) is 6.36. The summed E-state index contributed by atoms with van der Waals surface area (Å²) in [5, 5.41) is 38.8. The molecule has 0 fully saturated rings. The van der Waals surface area contributed by atoms with Gasteiger partial charge in [0.15, 0.2) is 0 Å². The summed E-state index contributed by atoms with van der Waals surface area (Å²) < 4.78 is 64.9. The molecule has 8 N–H and O–H groups in total. The first-order chi connectivity index (χ1) is 22.7. The fourth-order valence-electron chi connectivity index (χ4n) is 5.00. The number of nitrogens with two attached hydrogens (primary N) is 2. The Labute approximate surface area is 272 Å². The van der Waals surface area contributed by atoms with Crippen molar-refractivity contribution in [3.05, 3.63) is 97.1 Å². The molecule has 0 spiro atoms. The van der Waals surface area contributed by atoms with Crippen molar-refractivity contribution in [3.8, 4) is 22.6 Å². The first kappa shape index (κ1) is 32.0. The summed E-state index contributed by atoms with van der Waals surface area (Å²) in [7, 11) is -9.09. The third-order valence-corrected chi connectivity index (χ3v) is 9.01. The number of phenolic OH excluding ortho intramolecular Hbond substituents is 2. The number of nitrogens with zero attached hydrogens (tertiary/aromatic N) is 4. The van der Waals surface area contributed by atoms with Gasteiger partial charge in [0.1, 0.15) is 22.9 Å². The van der Waals surface area contributed by atoms with Gasteiger partial charge in [-0.3, -0.25) is 9.11 Å². The summed E-state index contributed by atoms with van der Waals surface area (Å²) in [6.07, 6.45) is 0. The minimum Gasteiger partial charge on any atom is -0.507 e. The Hall–Kier alpha value is -5.94. The number of phenols is 2. The molecule has 6 rings (SSSR count). The van der Waals surface area contributed by atoms with Gasteiger partial charge in [0.05, 0.1) is 43.3 Å². The van der Waals surface area contributed by atoms with Crippen molar-refractivity contribution in [2.75, 3.05) is 11.5 Å². The van der Waals surface area contributed by atoms with E-state index in [2.05, 4.69) is 20.5 Å². The second-order valence-electron chi connectivity index (χ2n) is 10.5. The standard InChI is InChI=1S/C32H24N6O8S2/c33-25-11-5-19-13-23(47(41,42)43)15-27(39)29(19)31(25)37-35-21-7-1-17(2-8-21)18-3-9-22(10-4-18)36-38-32-26(34)12-6-20-14-24(48(44,45)46)16-28(40)30(20)32/h1-16,39-40H,33-34H2,(H,41,42,43)(H,44,45,46)/b37-35-,38-36-. The van der Waals surface area contributed by atoms with Crippen LogP contribution in [0.4, 0.5) is 34.1 Å². The van der Waals surface area contributed by atoms with Gasteiger partial charge in [0.25, 0.3) is 20.2 Å². The Morgan fingerprint density at radius 1 is 0.479 bits per heavy atom. The summed E-state index contributed by atoms with van der Waals surface area (Å²) >= 11 is 0. The maximum atomic E-state index is 11.6. The zero-order valence-electron chi connectivity index (χ0n) is 24.4. The average Bonchev–Trinajstić information content (AvgIpc) is 3.03. The lowest BCUT2D eigenvalue weighted by atomic mass is 10.1. The Balaban J connectivity index is 1.22. The summed E-state index contributed by atoms with van der Waals surface area (Å²) in [6, 6.07) is 24.3. The number of aromatic hydroxyl groups is 2. The van der Waals surface area contributed by atoms with Crippen LogP contribution >= 0.6 is 0 Å². The van der Waals surface area contributed by atoms with Crippen molar-refractivity contribution in [1.29, 1.82) is 0 Å². The highest BCUT2D eigenvalue weighted by Crippen LogP contribution is 2.42. The average molecular weight is 685 g/mol. The molecule has 0 atom stereocenters. The normalized spacial score (nSPS) is 12.5. The van der Waals surface area contributed by atoms with E-state index in [0.29, 0.717) is 11.4 Å². The van der Waals surface area contributed by atoms with Crippen LogP contribution in [0.3, 0.4) is 0 Å². The predicted octanol–water partition coefficient (Wildman–Crippen LogP) is 7.56. The largest absolute Gasteiger partial charge is 0.507 e. The number of nitrogen functional groups attached to an aromatic ring is 2. The number of benzene rings is 6. The van der Waals surface area contributed by atoms with Crippen LogP contribution in [0, 0.1) is 0 Å². The van der Waals surface area contributed by atoms with Gasteiger partial charge in [-0.25, -0.2) is 0 Å². The highest BCUT2D eigenvalue weighted by molar-refractivity contribution is 7.86. The van der Waals surface area contributed by atoms with Gasteiger partial charge in [-0.05, 0) is 70.4 Å². The zero-order valence-corrected chi connectivity index (χ0v) is 26.1. The second kappa shape index (κ2) is 12.0. The molecule has 0 radical (unpaired) electrons. The summed E-state index contributed by atoms with van der Waals surface area (Å²) in [5.41, 5.74) is 15.4. The summed E-state index contributed by atoms with van der Waals surface area (Å²) in [6.45, 7) is 0. The van der Waals surface area contributed by atoms with E-state index in [0.717, 1.165) is 23.3 Å². The molecule has 0 saturated carbocycles. The number of fused-ring (bicyclic) bond motifs is 2. The molecule has 0 saturated heterocycles. The van der Waals surface area contributed by atoms with E-state index in [4.69, 9.17) is 11.5 Å². The van der Waals surface area contributed by atoms with Crippen molar-refractivity contribution < 1.29 is 36.2 Å². The van der Waals surface area contributed by atoms with E-state index in [1.54, 1.807) is 24.3 Å². The van der Waals surface area contributed by atoms with Crippen LogP contribution in [-0.4, -0.2) is 36.2 Å². The van der Waals surface area contributed by atoms with Crippen LogP contribution in [0.2, 0.25) is 0 Å². The Morgan fingerprint density at radius 3 is 1.17 bits per heavy atom. The van der Waals surface area contributed by atoms with E-state index in [9.17, 15) is 36.2 Å². The molecule has 16 heteroatoms. The molecule has 0 bridgehead atoms. The molecule has 0 amide bonds. The Morgan fingerprint density at radius 2 is 0.833 bits per heavy atom. The van der Waals surface area contributed by atoms with Gasteiger partial charge in [0.2, 0.25) is 0 Å². The van der Waals surface area contributed by atoms with Crippen LogP contribution in [0.25, 0.3) is 32.7 Å². The van der Waals surface area contributed by atoms with Crippen molar-refractivity contribution in [2.24, 2.45) is 20.5 Å². The fourth-order valence-corrected chi connectivity index (χ4v) is 6.07. The maximum absolute atomic E-state index is 11.6. The highest BCUT2D eigenvalue weighted by atomic mass is 32.2. The van der Waals surface area contributed by atoms with Gasteiger partial charge in [-0.15, -0.1) is 10.2 Å². The van der Waals surface area contributed by atoms with Gasteiger partial charge in [-0.1, -0.05) is 36.4 Å². The van der Waals surface area contributed by atoms with E-state index in [-0.39, 0.29) is 44.3 Å². The Bertz CT molecular complexity index is 2360. The van der Waals surface area contributed by atoms with Crippen LogP contribution in [0.5, 0.6) is 11.5 Å². The number of hydrogen-bond donors (Lipinski definition) is 6. The van der Waals surface area contributed by atoms with Crippen LogP contribution < -0.4 is 11.5 Å². The van der Waals surface area contributed by atoms with Gasteiger partial charge in [-0.2, -0.15) is 27.1 Å². The topological polar surface area (TPSA) is 251 Å². The molecule has 0 heterocycles. The molecule has 48 heavy (non-hydrogen) atoms. The monoisotopic (exact) mass is 684 g/mol. The third-order valence-electron chi connectivity index (χ3n) is 7.34. The second-order valence-corrected chi connectivity index (χ2v) is 13.4. The summed E-state index contributed by atoms with van der Waals surface area (Å²) in [5.74, 6) is -0.875. The molecule has 6 aromatic carbocycles. The van der Waals surface area contributed by atoms with E-state index >= 15 is 0 Å². The zero-order chi connectivity index (χ0) is 34.4. The van der Waals surface area contributed by atoms with E-state index in [1.807, 2.05) is 24.3 Å². The molecule has 6 aromatic rings. The Kier molecular flexibility index (Phi) is 8.01. The molecular formula is C32H24N6O8S2. The maximum Gasteiger partial charge on any atom is 0.294 e. The van der Waals surface area contributed by atoms with Gasteiger partial charge < -0.3 is 21.7 Å². The van der Waals surface area contributed by atoms with Crippen LogP contribution in [-0.2, 0) is 20.2 Å². The predicted molar refractivity (Wildman–Crippen MR) is 180 cm³/mol. The van der Waals surface area contributed by atoms with Crippen molar-refractivity contribution in [1.82, 2.24) is 0 Å². The van der Waals surface area contributed by atoms with Crippen molar-refractivity contribution in [3.63, 3.8) is 0 Å². The van der Waals surface area contributed by atoms with Crippen molar-refractivity contribution >= 4 is 75.9 Å². The number of azo groups is 2. The SMILES string of the molecule is Nc1ccc2cc(S(=O)(=O)O)cc(O)c2c1/N=N\c1ccc(-c2ccc(/N=N\c3c(N)ccc4cc(S(=O)(=O)O)cc(O)c34)cc2)cc1. The first-order valence-electron chi connectivity index (χ1n) is 13.8. The minimum atomic E-state index is -4.54. The molecule has 0 aliphatic rings. The smallest absolute Gasteiger partial charge is 0.294 e. The van der Waals surface area contributed by atoms with Crippen LogP contribution in [0.1, 0.15) is 0 Å². The van der Waals surface area contributed by atoms with Crippen LogP contribution in [0.15, 0.2) is 127 Å². The molecule has 242 valence electrons. The van der Waals surface area contributed by atoms with Crippen molar-refractivity contribution in [2.45, 2.75) is 9.79 Å². The fraction of sp³-hybridized carbons (Fsp3) is 0. The van der Waals surface area contributed by atoms with E-state index in [1.165, 1.54) is 36.4 Å². The lowest BCUT2D eigenvalue weighted by Crippen LogP contribution is -1.98. The summed E-state index contributed by atoms with van der Waals surface area (Å²) in [4.78, 5) is -0.943. The molecule has 0 unspecified atom stereocenters. The van der Waals surface area contributed by atoms with E-state index < -0.39 is 41.5 Å². The molecular weight excluding hydrogens is 661 g/mol. The molecule has 0 aliphatic carbocycles. The molecule has 0 aliphatic heterocycles. The quantitative estimate of drug-likeness (QED) is 0.0546. The number of rotatable bonds is 7. The molecule has 14 nitrogen and oxygen atoms in total. The first-order valence-corrected chi connectivity index (χ1v) is 16.7. The molecule has 0 aromatic heterocycles. The highest BCUT2D eigenvalue weighted by Gasteiger charge is 2.18. The number of anilines is 2. The minimum absolute atomic E-state index is 0.129. The number of hydrogen-bond acceptors (Lipinski definition) is 12. The van der Waals surface area contributed by atoms with Gasteiger partial charge in [0, 0.05) is 12.1 Å². The lowest BCUT2D eigenvalue weighted by molar-refractivity contribution is 0.470. The lowest BCUT2D eigenvalue weighted by Gasteiger charge is -2.09.